The first-order valence-electron chi connectivity index (χ1n) is 42.1. The summed E-state index contributed by atoms with van der Waals surface area (Å²) in [7, 11) is 7.28. The normalized spacial score (nSPS) is 26.0. The van der Waals surface area contributed by atoms with Crippen LogP contribution in [0.15, 0.2) is 155 Å². The number of piperidine rings is 2. The average Bonchev–Trinajstić information content (AvgIpc) is 1.60. The molecule has 0 saturated carbocycles. The number of amides is 2. The highest BCUT2D eigenvalue weighted by atomic mass is 35.6. The van der Waals surface area contributed by atoms with Gasteiger partial charge in [-0.3, -0.25) is 29.2 Å². The number of nitriles is 2. The topological polar surface area (TPSA) is 351 Å². The van der Waals surface area contributed by atoms with E-state index in [1.54, 1.807) is 28.1 Å². The number of carboxylic acid groups (broad SMARTS) is 1. The lowest BCUT2D eigenvalue weighted by molar-refractivity contribution is -0.159. The molecule has 680 valence electrons. The Morgan fingerprint density at radius 1 is 0.550 bits per heavy atom. The van der Waals surface area contributed by atoms with Crippen LogP contribution in [-0.2, 0) is 65.2 Å². The van der Waals surface area contributed by atoms with Crippen LogP contribution < -0.4 is 20.1 Å². The number of alkyl carbamates (subject to hydrolysis) is 2. The molecular weight excluding hydrogens is 1820 g/mol. The van der Waals surface area contributed by atoms with E-state index in [2.05, 4.69) is 93.2 Å². The molecule has 0 radical (unpaired) electrons. The van der Waals surface area contributed by atoms with Crippen LogP contribution in [-0.4, -0.2) is 246 Å². The van der Waals surface area contributed by atoms with Gasteiger partial charge >= 0.3 is 24.1 Å². The van der Waals surface area contributed by atoms with Gasteiger partial charge in [0.1, 0.15) is 55.5 Å². The lowest BCUT2D eigenvalue weighted by Crippen LogP contribution is -2.74. The SMILES string of the molecule is COc1c(C)cc2c(c1C)[C@@H]1C3CC4(O)C(=O)C(C)=C5OCOC5=C4[C@H](CO)N3[C@@H](C#N)[C@H](C2)N1C.COc1c(C)cc2c(c1C)[C@@H]1C3CC4(O)C(=O)C(C)=C5OCOC5=C4[C@H](COC(=O)C(CSCC4c5ccccc5-c5ccccc54)NC(=O)OCC(Cl)(Cl)Cl)N3[C@@H](C#N)[C@H](C2)N1C.O=C(NC(CSCC1c2ccccc2-c2ccccc21)C(=O)O)OCC(Cl)(Cl)Cl. The Morgan fingerprint density at radius 3 is 1.29 bits per heavy atom. The van der Waals surface area contributed by atoms with Crippen LogP contribution in [0.25, 0.3) is 22.3 Å². The number of carbonyl (C=O) groups excluding carboxylic acids is 5. The number of aliphatic hydroxyl groups excluding tert-OH is 1. The van der Waals surface area contributed by atoms with Crippen molar-refractivity contribution in [2.75, 3.05) is 91.3 Å². The molecule has 2 amide bonds. The predicted octanol–water partition coefficient (Wildman–Crippen LogP) is 13.4. The molecule has 4 aliphatic carbocycles. The molecule has 27 nitrogen and oxygen atoms in total. The number of benzene rings is 6. The van der Waals surface area contributed by atoms with Gasteiger partial charge in [0.25, 0.3) is 0 Å². The van der Waals surface area contributed by atoms with Crippen molar-refractivity contribution in [1.29, 1.82) is 10.5 Å². The van der Waals surface area contributed by atoms with E-state index in [0.717, 1.165) is 67.1 Å². The third kappa shape index (κ3) is 16.7. The molecule has 6 unspecified atom stereocenters. The van der Waals surface area contributed by atoms with Gasteiger partial charge in [-0.1, -0.05) is 179 Å². The molecule has 14 atom stereocenters. The van der Waals surface area contributed by atoms with Gasteiger partial charge in [0.2, 0.25) is 21.2 Å². The predicted molar refractivity (Wildman–Crippen MR) is 486 cm³/mol. The van der Waals surface area contributed by atoms with Crippen molar-refractivity contribution in [1.82, 2.24) is 30.2 Å². The third-order valence-corrected chi connectivity index (χ3v) is 30.2. The summed E-state index contributed by atoms with van der Waals surface area (Å²) in [5, 5.41) is 71.5. The first-order chi connectivity index (χ1) is 61.5. The quantitative estimate of drug-likeness (QED) is 0.0249. The number of nitrogens with zero attached hydrogens (tertiary/aromatic N) is 6. The molecule has 6 N–H and O–H groups in total. The van der Waals surface area contributed by atoms with Crippen LogP contribution in [0.2, 0.25) is 0 Å². The van der Waals surface area contributed by atoms with Gasteiger partial charge in [-0.25, -0.2) is 19.2 Å². The Balaban J connectivity index is 0.000000157. The Hall–Kier alpha value is -8.96. The zero-order chi connectivity index (χ0) is 92.1. The molecule has 6 fully saturated rings. The van der Waals surface area contributed by atoms with Crippen LogP contribution in [0.5, 0.6) is 11.5 Å². The summed E-state index contributed by atoms with van der Waals surface area (Å²) in [5.74, 6) is 1.32. The van der Waals surface area contributed by atoms with E-state index >= 15 is 0 Å². The molecule has 6 aromatic carbocycles. The number of hydrogen-bond donors (Lipinski definition) is 6. The summed E-state index contributed by atoms with van der Waals surface area (Å²) in [4.78, 5) is 87.5. The second kappa shape index (κ2) is 36.9. The lowest BCUT2D eigenvalue weighted by Gasteiger charge is -2.62. The number of thioether (sulfide) groups is 2. The Labute approximate surface area is 784 Å². The number of fused-ring (bicyclic) bond motifs is 22. The summed E-state index contributed by atoms with van der Waals surface area (Å²) in [6.07, 6.45) is -0.742. The standard InChI is InChI=1S/C47H47Cl3N4O9S.C27H31N3O6.C20H18Cl3NO4S/c1-23-14-26-15-33-35(17-51)54-34(39(53(33)4)37(26)24(2)40(23)59-5)16-46(58)38(42-41(62-22-63-42)25(3)43(46)55)36(54)18-60-44(56)32(52-45(57)61-21-47(48,49)50)20-64-19-31-29-12-8-6-10-27(29)28-11-7-9-13-30(28)31;1-12-6-15-7-16-18(9-28)30-17(22(29(16)4)20(15)13(2)23(12)34-5)8-27(33)21(19(30)10-31)25-24(35-11-36-25)14(3)26(27)32;21-20(22,23)11-28-19(27)24-17(18(25)26)10-29-9-16-14-7-3-1-5-12(14)13-6-2-4-8-15(13)16/h6-14,31-36,39,58H,15-16,18-22H2,1-5H3,(H,52,57);6,16-19,22,31,33H,7-8,10-11H2,1-5H3;1-8,16-17H,9-11H2,(H,24,27)(H,25,26)/t32?,33-,34?,35-,36-,39-,46?;16-,17?,18-,19-,22-,27?;/m00./s1. The van der Waals surface area contributed by atoms with Crippen LogP contribution in [0.3, 0.4) is 0 Å². The van der Waals surface area contributed by atoms with Crippen molar-refractivity contribution in [3.63, 3.8) is 0 Å². The Bertz CT molecular complexity index is 5700. The van der Waals surface area contributed by atoms with E-state index < -0.39 is 129 Å². The zero-order valence-electron chi connectivity index (χ0n) is 72.1. The maximum absolute atomic E-state index is 14.5. The largest absolute Gasteiger partial charge is 0.496 e. The molecular formula is C94H96Cl6N8O19S2. The summed E-state index contributed by atoms with van der Waals surface area (Å²) in [6.45, 7) is 9.21. The molecule has 129 heavy (non-hydrogen) atoms. The molecule has 0 aromatic heterocycles. The summed E-state index contributed by atoms with van der Waals surface area (Å²) < 4.78 is 47.3. The van der Waals surface area contributed by atoms with E-state index in [9.17, 15) is 59.7 Å². The molecule has 6 aromatic rings. The molecule has 4 bridgehead atoms. The number of nitrogens with one attached hydrogen (secondary N) is 2. The van der Waals surface area contributed by atoms with Crippen molar-refractivity contribution in [2.45, 2.75) is 170 Å². The van der Waals surface area contributed by atoms with Crippen molar-refractivity contribution < 1.29 is 91.8 Å². The number of alkyl halides is 6. The summed E-state index contributed by atoms with van der Waals surface area (Å²) in [5.41, 5.74) is 14.8. The second-order valence-corrected chi connectivity index (χ2v) is 41.5. The van der Waals surface area contributed by atoms with Crippen molar-refractivity contribution in [3.05, 3.63) is 221 Å². The fourth-order valence-corrected chi connectivity index (χ4v) is 24.7. The maximum atomic E-state index is 14.5. The fraction of sp³-hybridized carbons (Fsp3) is 0.447. The van der Waals surface area contributed by atoms with Crippen molar-refractivity contribution in [3.8, 4) is 45.9 Å². The number of hydrogen-bond acceptors (Lipinski definition) is 26. The highest BCUT2D eigenvalue weighted by Gasteiger charge is 2.67. The average molecular weight is 1920 g/mol. The van der Waals surface area contributed by atoms with Crippen LogP contribution >= 0.6 is 93.1 Å². The van der Waals surface area contributed by atoms with Gasteiger partial charge in [-0.2, -0.15) is 34.0 Å². The van der Waals surface area contributed by atoms with E-state index in [4.69, 9.17) is 112 Å². The van der Waals surface area contributed by atoms with E-state index in [0.29, 0.717) is 47.0 Å². The van der Waals surface area contributed by atoms with E-state index in [-0.39, 0.29) is 97.2 Å². The fourth-order valence-electron chi connectivity index (χ4n) is 22.0. The summed E-state index contributed by atoms with van der Waals surface area (Å²) >= 11 is 37.1. The van der Waals surface area contributed by atoms with Crippen LogP contribution in [0.1, 0.15) is 117 Å². The van der Waals surface area contributed by atoms with E-state index in [1.165, 1.54) is 56.9 Å². The number of halogens is 6. The minimum Gasteiger partial charge on any atom is -0.496 e. The van der Waals surface area contributed by atoms with Gasteiger partial charge in [0, 0.05) is 94.1 Å². The molecule has 0 spiro atoms. The number of ketones is 2. The minimum atomic E-state index is -2.11. The molecule has 12 aliphatic rings. The highest BCUT2D eigenvalue weighted by molar-refractivity contribution is 7.99. The number of methoxy groups -OCH3 is 2. The second-order valence-electron chi connectivity index (χ2n) is 34.3. The number of Topliss-reactive ketones (excluding diaryl/α,β-unsaturated/α-hetero) is 2. The number of ether oxygens (including phenoxy) is 9. The van der Waals surface area contributed by atoms with Crippen LogP contribution in [0, 0.1) is 50.4 Å². The Kier molecular flexibility index (Phi) is 26.7. The van der Waals surface area contributed by atoms with Gasteiger partial charge < -0.3 is 73.7 Å². The van der Waals surface area contributed by atoms with Crippen molar-refractivity contribution in [2.24, 2.45) is 0 Å². The zero-order valence-corrected chi connectivity index (χ0v) is 78.2. The highest BCUT2D eigenvalue weighted by Crippen LogP contribution is 2.59. The first-order valence-corrected chi connectivity index (χ1v) is 46.7. The number of likely N-dealkylation sites (N-methyl/N-ethyl adjacent to an activating group) is 2. The molecule has 6 saturated heterocycles. The number of esters is 1. The monoisotopic (exact) mass is 1910 g/mol. The van der Waals surface area contributed by atoms with Gasteiger partial charge in [0.15, 0.2) is 45.8 Å². The number of carbonyl (C=O) groups is 6. The van der Waals surface area contributed by atoms with E-state index in [1.807, 2.05) is 100 Å². The molecule has 35 heteroatoms. The maximum Gasteiger partial charge on any atom is 0.408 e. The Morgan fingerprint density at radius 2 is 0.915 bits per heavy atom. The van der Waals surface area contributed by atoms with Crippen LogP contribution in [0.4, 0.5) is 9.59 Å². The molecule has 8 heterocycles. The number of aliphatic carboxylic acids is 1. The molecule has 18 rings (SSSR count). The number of aliphatic hydroxyl groups is 3. The number of rotatable bonds is 19. The number of aryl methyl sites for hydroxylation is 2. The lowest BCUT2D eigenvalue weighted by atomic mass is 9.64. The first kappa shape index (κ1) is 93.3. The minimum absolute atomic E-state index is 0.0242. The third-order valence-electron chi connectivity index (χ3n) is 27.2. The smallest absolute Gasteiger partial charge is 0.408 e. The van der Waals surface area contributed by atoms with Crippen molar-refractivity contribution >= 4 is 129 Å². The van der Waals surface area contributed by atoms with Gasteiger partial charge in [-0.15, -0.1) is 0 Å². The molecule has 8 aliphatic heterocycles. The summed E-state index contributed by atoms with van der Waals surface area (Å²) in [6, 6.07) is 34.5. The number of piperazine rings is 2. The van der Waals surface area contributed by atoms with Gasteiger partial charge in [-0.05, 0) is 157 Å². The van der Waals surface area contributed by atoms with Gasteiger partial charge in [0.05, 0.1) is 57.1 Å². The number of carboxylic acids is 1.